The highest BCUT2D eigenvalue weighted by Gasteiger charge is 1.99. The van der Waals surface area contributed by atoms with E-state index in [1.807, 2.05) is 0 Å². The van der Waals surface area contributed by atoms with Crippen molar-refractivity contribution in [3.63, 3.8) is 0 Å². The minimum atomic E-state index is -0.338. The zero-order chi connectivity index (χ0) is 8.10. The van der Waals surface area contributed by atoms with Gasteiger partial charge in [0.15, 0.2) is 0 Å². The molecule has 0 aliphatic heterocycles. The fourth-order valence-corrected chi connectivity index (χ4v) is 0.643. The first-order valence-corrected chi connectivity index (χ1v) is 2.96. The van der Waals surface area contributed by atoms with Gasteiger partial charge < -0.3 is 5.21 Å². The van der Waals surface area contributed by atoms with Gasteiger partial charge in [0.25, 0.3) is 0 Å². The highest BCUT2D eigenvalue weighted by Crippen LogP contribution is 1.95. The molecular formula is C7H6N2O2. The lowest BCUT2D eigenvalue weighted by Crippen LogP contribution is -1.99. The second kappa shape index (κ2) is 3.46. The molecule has 1 aromatic rings. The molecule has 4 nitrogen and oxygen atoms in total. The molecule has 0 fully saturated rings. The Morgan fingerprint density at radius 3 is 2.73 bits per heavy atom. The molecular weight excluding hydrogens is 144 g/mol. The molecule has 1 N–H and O–H groups in total. The van der Waals surface area contributed by atoms with E-state index in [1.54, 1.807) is 12.1 Å². The van der Waals surface area contributed by atoms with E-state index in [0.29, 0.717) is 5.56 Å². The molecule has 0 atom stereocenters. The molecule has 0 spiro atoms. The van der Waals surface area contributed by atoms with Crippen molar-refractivity contribution in [2.75, 3.05) is 0 Å². The maximum Gasteiger partial charge on any atom is 0.207 e. The highest BCUT2D eigenvalue weighted by atomic mass is 16.4. The third-order valence-corrected chi connectivity index (χ3v) is 1.14. The van der Waals surface area contributed by atoms with E-state index in [0.717, 1.165) is 6.21 Å². The SMILES string of the molecule is O=C(/C=N/O)c1ccncc1. The fourth-order valence-electron chi connectivity index (χ4n) is 0.643. The fraction of sp³-hybridized carbons (Fsp3) is 0. The summed E-state index contributed by atoms with van der Waals surface area (Å²) in [5, 5.41) is 10.6. The lowest BCUT2D eigenvalue weighted by atomic mass is 10.2. The van der Waals surface area contributed by atoms with Gasteiger partial charge in [0, 0.05) is 18.0 Å². The molecule has 0 bridgehead atoms. The van der Waals surface area contributed by atoms with Crippen molar-refractivity contribution in [3.8, 4) is 0 Å². The standard InChI is InChI=1S/C7H6N2O2/c10-7(5-9-11)6-1-3-8-4-2-6/h1-5,11H/b9-5+. The van der Waals surface area contributed by atoms with Crippen LogP contribution in [0.3, 0.4) is 0 Å². The lowest BCUT2D eigenvalue weighted by Gasteiger charge is -1.90. The zero-order valence-electron chi connectivity index (χ0n) is 5.64. The van der Waals surface area contributed by atoms with E-state index < -0.39 is 0 Å². The van der Waals surface area contributed by atoms with Crippen LogP contribution in [0.2, 0.25) is 0 Å². The van der Waals surface area contributed by atoms with Crippen molar-refractivity contribution in [1.82, 2.24) is 4.98 Å². The molecule has 0 aliphatic rings. The second-order valence-corrected chi connectivity index (χ2v) is 1.84. The van der Waals surface area contributed by atoms with Crippen LogP contribution >= 0.6 is 0 Å². The molecule has 0 saturated carbocycles. The van der Waals surface area contributed by atoms with Gasteiger partial charge in [-0.2, -0.15) is 0 Å². The smallest absolute Gasteiger partial charge is 0.207 e. The number of hydrogen-bond donors (Lipinski definition) is 1. The van der Waals surface area contributed by atoms with E-state index in [1.165, 1.54) is 12.4 Å². The first kappa shape index (κ1) is 7.40. The number of oxime groups is 1. The van der Waals surface area contributed by atoms with Gasteiger partial charge >= 0.3 is 0 Å². The predicted octanol–water partition coefficient (Wildman–Crippen LogP) is 0.724. The van der Waals surface area contributed by atoms with Crippen LogP contribution in [0.1, 0.15) is 10.4 Å². The van der Waals surface area contributed by atoms with Crippen LogP contribution in [-0.4, -0.2) is 22.2 Å². The van der Waals surface area contributed by atoms with Crippen LogP contribution in [-0.2, 0) is 0 Å². The lowest BCUT2D eigenvalue weighted by molar-refractivity contribution is 0.106. The van der Waals surface area contributed by atoms with Gasteiger partial charge in [-0.15, -0.1) is 0 Å². The van der Waals surface area contributed by atoms with Crippen molar-refractivity contribution in [2.45, 2.75) is 0 Å². The molecule has 0 amide bonds. The third-order valence-electron chi connectivity index (χ3n) is 1.14. The van der Waals surface area contributed by atoms with Crippen molar-refractivity contribution in [2.24, 2.45) is 5.16 Å². The van der Waals surface area contributed by atoms with Gasteiger partial charge in [0.2, 0.25) is 5.78 Å². The summed E-state index contributed by atoms with van der Waals surface area (Å²) < 4.78 is 0. The quantitative estimate of drug-likeness (QED) is 0.292. The van der Waals surface area contributed by atoms with E-state index in [2.05, 4.69) is 10.1 Å². The summed E-state index contributed by atoms with van der Waals surface area (Å²) in [5.41, 5.74) is 0.456. The van der Waals surface area contributed by atoms with Crippen LogP contribution in [0.15, 0.2) is 29.7 Å². The summed E-state index contributed by atoms with van der Waals surface area (Å²) in [6.45, 7) is 0. The number of hydrogen-bond acceptors (Lipinski definition) is 4. The minimum Gasteiger partial charge on any atom is -0.411 e. The van der Waals surface area contributed by atoms with Crippen LogP contribution in [0, 0.1) is 0 Å². The van der Waals surface area contributed by atoms with Crippen molar-refractivity contribution in [3.05, 3.63) is 30.1 Å². The average Bonchev–Trinajstić information content (AvgIpc) is 2.07. The summed E-state index contributed by atoms with van der Waals surface area (Å²) in [6.07, 6.45) is 3.84. The van der Waals surface area contributed by atoms with Gasteiger partial charge in [-0.25, -0.2) is 0 Å². The van der Waals surface area contributed by atoms with Crippen LogP contribution < -0.4 is 0 Å². The summed E-state index contributed by atoms with van der Waals surface area (Å²) in [5.74, 6) is -0.338. The number of ketones is 1. The highest BCUT2D eigenvalue weighted by molar-refractivity contribution is 6.35. The second-order valence-electron chi connectivity index (χ2n) is 1.84. The Hall–Kier alpha value is -1.71. The summed E-state index contributed by atoms with van der Waals surface area (Å²) >= 11 is 0. The number of pyridine rings is 1. The van der Waals surface area contributed by atoms with E-state index in [-0.39, 0.29) is 5.78 Å². The molecule has 4 heteroatoms. The molecule has 0 unspecified atom stereocenters. The average molecular weight is 150 g/mol. The molecule has 1 aromatic heterocycles. The van der Waals surface area contributed by atoms with Crippen LogP contribution in [0.5, 0.6) is 0 Å². The zero-order valence-corrected chi connectivity index (χ0v) is 5.64. The van der Waals surface area contributed by atoms with Crippen molar-refractivity contribution in [1.29, 1.82) is 0 Å². The van der Waals surface area contributed by atoms with Crippen molar-refractivity contribution < 1.29 is 10.0 Å². The Labute approximate surface area is 63.2 Å². The van der Waals surface area contributed by atoms with Gasteiger partial charge in [-0.1, -0.05) is 5.16 Å². The number of carbonyl (C=O) groups is 1. The number of aromatic nitrogens is 1. The monoisotopic (exact) mass is 150 g/mol. The summed E-state index contributed by atoms with van der Waals surface area (Å²) in [6, 6.07) is 3.09. The van der Waals surface area contributed by atoms with Gasteiger partial charge in [-0.05, 0) is 12.1 Å². The molecule has 1 heterocycles. The first-order chi connectivity index (χ1) is 5.34. The maximum absolute atomic E-state index is 10.9. The van der Waals surface area contributed by atoms with Gasteiger partial charge in [0.05, 0.1) is 0 Å². The summed E-state index contributed by atoms with van der Waals surface area (Å²) in [4.78, 5) is 14.6. The topological polar surface area (TPSA) is 62.5 Å². The molecule has 0 radical (unpaired) electrons. The van der Waals surface area contributed by atoms with Gasteiger partial charge in [-0.3, -0.25) is 9.78 Å². The summed E-state index contributed by atoms with van der Waals surface area (Å²) in [7, 11) is 0. The maximum atomic E-state index is 10.9. The number of Topliss-reactive ketones (excluding diaryl/α,β-unsaturated/α-hetero) is 1. The predicted molar refractivity (Wildman–Crippen MR) is 38.8 cm³/mol. The van der Waals surface area contributed by atoms with E-state index in [4.69, 9.17) is 5.21 Å². The Morgan fingerprint density at radius 1 is 1.55 bits per heavy atom. The third kappa shape index (κ3) is 1.86. The number of rotatable bonds is 2. The Kier molecular flexibility index (Phi) is 2.32. The normalized spacial score (nSPS) is 10.2. The van der Waals surface area contributed by atoms with Crippen molar-refractivity contribution >= 4 is 12.0 Å². The number of nitrogens with zero attached hydrogens (tertiary/aromatic N) is 2. The van der Waals surface area contributed by atoms with Crippen LogP contribution in [0.4, 0.5) is 0 Å². The minimum absolute atomic E-state index is 0.338. The molecule has 0 aliphatic carbocycles. The molecule has 0 saturated heterocycles. The van der Waals surface area contributed by atoms with Gasteiger partial charge in [0.1, 0.15) is 6.21 Å². The van der Waals surface area contributed by atoms with E-state index >= 15 is 0 Å². The number of carbonyl (C=O) groups excluding carboxylic acids is 1. The largest absolute Gasteiger partial charge is 0.411 e. The van der Waals surface area contributed by atoms with Crippen LogP contribution in [0.25, 0.3) is 0 Å². The Morgan fingerprint density at radius 2 is 2.18 bits per heavy atom. The molecule has 0 aromatic carbocycles. The Bertz CT molecular complexity index is 269. The molecule has 11 heavy (non-hydrogen) atoms. The first-order valence-electron chi connectivity index (χ1n) is 2.96. The Balaban J connectivity index is 2.86. The van der Waals surface area contributed by atoms with E-state index in [9.17, 15) is 4.79 Å². The molecule has 56 valence electrons. The molecule has 1 rings (SSSR count).